The summed E-state index contributed by atoms with van der Waals surface area (Å²) >= 11 is 6.01. The number of nitrogen functional groups attached to an aromatic ring is 1. The van der Waals surface area contributed by atoms with Gasteiger partial charge in [0.15, 0.2) is 0 Å². The lowest BCUT2D eigenvalue weighted by molar-refractivity contribution is 0.402. The summed E-state index contributed by atoms with van der Waals surface area (Å²) in [6, 6.07) is 12.0. The van der Waals surface area contributed by atoms with Crippen molar-refractivity contribution in [2.24, 2.45) is 0 Å². The van der Waals surface area contributed by atoms with Crippen LogP contribution in [0.4, 0.5) is 10.1 Å². The number of allylic oxidation sites excluding steroid dienone is 2. The molecule has 3 aromatic rings. The minimum absolute atomic E-state index is 0.326. The summed E-state index contributed by atoms with van der Waals surface area (Å²) in [5.41, 5.74) is 6.95. The molecule has 1 heterocycles. The zero-order valence-electron chi connectivity index (χ0n) is 13.6. The van der Waals surface area contributed by atoms with Gasteiger partial charge in [-0.25, -0.2) is 4.39 Å². The molecule has 1 atom stereocenters. The van der Waals surface area contributed by atoms with E-state index in [1.807, 2.05) is 25.1 Å². The van der Waals surface area contributed by atoms with E-state index in [1.165, 1.54) is 18.2 Å². The third kappa shape index (κ3) is 2.86. The van der Waals surface area contributed by atoms with Crippen LogP contribution in [-0.2, 0) is 5.54 Å². The molecule has 4 nitrogen and oxygen atoms in total. The van der Waals surface area contributed by atoms with Crippen molar-refractivity contribution in [1.82, 2.24) is 9.78 Å². The molecule has 0 bridgehead atoms. The van der Waals surface area contributed by atoms with Gasteiger partial charge in [-0.3, -0.25) is 4.68 Å². The molecule has 1 aromatic heterocycles. The fourth-order valence-electron chi connectivity index (χ4n) is 3.11. The number of benzene rings is 2. The monoisotopic (exact) mass is 354 g/mol. The quantitative estimate of drug-likeness (QED) is 0.548. The highest BCUT2D eigenvalue weighted by molar-refractivity contribution is 6.30. The van der Waals surface area contributed by atoms with Gasteiger partial charge >= 0.3 is 0 Å². The maximum Gasteiger partial charge on any atom is 0.127 e. The number of nitriles is 1. The van der Waals surface area contributed by atoms with Crippen molar-refractivity contribution in [1.29, 1.82) is 5.26 Å². The molecule has 1 unspecified atom stereocenters. The summed E-state index contributed by atoms with van der Waals surface area (Å²) in [4.78, 5) is 0. The molecule has 126 valence electrons. The molecular formula is C19H16ClFN4. The van der Waals surface area contributed by atoms with Gasteiger partial charge in [-0.2, -0.15) is 10.4 Å². The summed E-state index contributed by atoms with van der Waals surface area (Å²) < 4.78 is 15.7. The Morgan fingerprint density at radius 1 is 1.36 bits per heavy atom. The van der Waals surface area contributed by atoms with Crippen molar-refractivity contribution in [3.63, 3.8) is 0 Å². The normalized spacial score (nSPS) is 13.8. The van der Waals surface area contributed by atoms with E-state index >= 15 is 0 Å². The largest absolute Gasteiger partial charge is 0.398 e. The molecule has 3 rings (SSSR count). The number of hydrogen-bond acceptors (Lipinski definition) is 3. The van der Waals surface area contributed by atoms with Crippen LogP contribution in [0.25, 0.3) is 10.9 Å². The van der Waals surface area contributed by atoms with Gasteiger partial charge in [0.1, 0.15) is 11.4 Å². The lowest BCUT2D eigenvalue weighted by atomic mass is 9.86. The summed E-state index contributed by atoms with van der Waals surface area (Å²) in [6.45, 7) is 1.98. The molecule has 0 amide bonds. The smallest absolute Gasteiger partial charge is 0.127 e. The standard InChI is InChI=1S/C19H16ClFN4/c1-2-19(8-3-9-22,13-4-6-14(20)7-5-13)25-18-11-15(21)10-17(23)16(18)12-24-25/h3-8,10-12H,2,23H2,1H3. The molecule has 0 aliphatic heterocycles. The van der Waals surface area contributed by atoms with Crippen LogP contribution in [0.2, 0.25) is 5.02 Å². The van der Waals surface area contributed by atoms with Crippen LogP contribution in [0.3, 0.4) is 0 Å². The van der Waals surface area contributed by atoms with Crippen molar-refractivity contribution < 1.29 is 4.39 Å². The first kappa shape index (κ1) is 17.0. The number of nitrogens with zero attached hydrogens (tertiary/aromatic N) is 3. The van der Waals surface area contributed by atoms with E-state index in [-0.39, 0.29) is 0 Å². The average Bonchev–Trinajstić information content (AvgIpc) is 3.02. The number of hydrogen-bond donors (Lipinski definition) is 1. The Balaban J connectivity index is 2.34. The zero-order chi connectivity index (χ0) is 18.0. The number of fused-ring (bicyclic) bond motifs is 1. The van der Waals surface area contributed by atoms with Gasteiger partial charge in [0.05, 0.1) is 17.8 Å². The van der Waals surface area contributed by atoms with Crippen molar-refractivity contribution >= 4 is 28.2 Å². The molecule has 0 saturated carbocycles. The molecule has 0 spiro atoms. The molecule has 0 saturated heterocycles. The number of aromatic nitrogens is 2. The highest BCUT2D eigenvalue weighted by Gasteiger charge is 2.32. The zero-order valence-corrected chi connectivity index (χ0v) is 14.3. The first-order valence-corrected chi connectivity index (χ1v) is 8.16. The summed E-state index contributed by atoms with van der Waals surface area (Å²) in [6.07, 6.45) is 5.39. The van der Waals surface area contributed by atoms with Crippen LogP contribution in [0.1, 0.15) is 18.9 Å². The van der Waals surface area contributed by atoms with E-state index in [9.17, 15) is 4.39 Å². The van der Waals surface area contributed by atoms with Crippen molar-refractivity contribution in [3.05, 3.63) is 71.2 Å². The van der Waals surface area contributed by atoms with Gasteiger partial charge in [-0.1, -0.05) is 30.7 Å². The van der Waals surface area contributed by atoms with Crippen LogP contribution in [0.5, 0.6) is 0 Å². The molecule has 6 heteroatoms. The van der Waals surface area contributed by atoms with Crippen molar-refractivity contribution in [3.8, 4) is 6.07 Å². The number of anilines is 1. The van der Waals surface area contributed by atoms with Gasteiger partial charge in [-0.15, -0.1) is 0 Å². The Morgan fingerprint density at radius 3 is 2.72 bits per heavy atom. The maximum atomic E-state index is 13.9. The topological polar surface area (TPSA) is 67.6 Å². The number of halogens is 2. The van der Waals surface area contributed by atoms with Gasteiger partial charge < -0.3 is 5.73 Å². The summed E-state index contributed by atoms with van der Waals surface area (Å²) in [5, 5.41) is 14.8. The van der Waals surface area contributed by atoms with Crippen LogP contribution in [0, 0.1) is 17.1 Å². The molecule has 0 fully saturated rings. The van der Waals surface area contributed by atoms with E-state index in [1.54, 1.807) is 29.1 Å². The molecular weight excluding hydrogens is 339 g/mol. The third-order valence-electron chi connectivity index (χ3n) is 4.38. The predicted octanol–water partition coefficient (Wildman–Crippen LogP) is 4.64. The third-order valence-corrected chi connectivity index (χ3v) is 4.63. The molecule has 2 N–H and O–H groups in total. The summed E-state index contributed by atoms with van der Waals surface area (Å²) in [5.74, 6) is -0.433. The van der Waals surface area contributed by atoms with Crippen LogP contribution >= 0.6 is 11.6 Å². The average molecular weight is 355 g/mol. The Bertz CT molecular complexity index is 985. The van der Waals surface area contributed by atoms with E-state index in [0.29, 0.717) is 28.0 Å². The lowest BCUT2D eigenvalue weighted by Crippen LogP contribution is -2.33. The molecule has 2 aromatic carbocycles. The van der Waals surface area contributed by atoms with E-state index < -0.39 is 11.4 Å². The maximum absolute atomic E-state index is 13.9. The Kier molecular flexibility index (Phi) is 4.47. The van der Waals surface area contributed by atoms with Crippen LogP contribution in [0.15, 0.2) is 54.7 Å². The first-order valence-electron chi connectivity index (χ1n) is 7.78. The second kappa shape index (κ2) is 6.58. The highest BCUT2D eigenvalue weighted by atomic mass is 35.5. The fraction of sp³-hybridized carbons (Fsp3) is 0.158. The predicted molar refractivity (Wildman–Crippen MR) is 97.7 cm³/mol. The SMILES string of the molecule is CCC(C=CC#N)(c1ccc(Cl)cc1)n1ncc2c(N)cc(F)cc21. The van der Waals surface area contributed by atoms with Crippen molar-refractivity contribution in [2.75, 3.05) is 5.73 Å². The molecule has 25 heavy (non-hydrogen) atoms. The van der Waals surface area contributed by atoms with Crippen molar-refractivity contribution in [2.45, 2.75) is 18.9 Å². The number of rotatable bonds is 4. The minimum Gasteiger partial charge on any atom is -0.398 e. The van der Waals surface area contributed by atoms with Gasteiger partial charge in [0.25, 0.3) is 0 Å². The highest BCUT2D eigenvalue weighted by Crippen LogP contribution is 2.36. The minimum atomic E-state index is -0.762. The van der Waals surface area contributed by atoms with Gasteiger partial charge in [0.2, 0.25) is 0 Å². The lowest BCUT2D eigenvalue weighted by Gasteiger charge is -2.31. The Hall–Kier alpha value is -2.84. The Morgan fingerprint density at radius 2 is 2.08 bits per heavy atom. The first-order chi connectivity index (χ1) is 12.0. The number of nitrogens with two attached hydrogens (primary N) is 1. The van der Waals surface area contributed by atoms with Gasteiger partial charge in [-0.05, 0) is 42.3 Å². The van der Waals surface area contributed by atoms with Crippen LogP contribution < -0.4 is 5.73 Å². The van der Waals surface area contributed by atoms with E-state index in [4.69, 9.17) is 22.6 Å². The molecule has 0 radical (unpaired) electrons. The van der Waals surface area contributed by atoms with E-state index in [2.05, 4.69) is 5.10 Å². The second-order valence-electron chi connectivity index (χ2n) is 5.73. The molecule has 0 aliphatic rings. The molecule has 0 aliphatic carbocycles. The van der Waals surface area contributed by atoms with Gasteiger partial charge in [0, 0.05) is 22.2 Å². The van der Waals surface area contributed by atoms with Crippen LogP contribution in [-0.4, -0.2) is 9.78 Å². The fourth-order valence-corrected chi connectivity index (χ4v) is 3.24. The second-order valence-corrected chi connectivity index (χ2v) is 6.17. The Labute approximate surface area is 149 Å². The summed E-state index contributed by atoms with van der Waals surface area (Å²) in [7, 11) is 0. The van der Waals surface area contributed by atoms with E-state index in [0.717, 1.165) is 5.56 Å².